The van der Waals surface area contributed by atoms with E-state index in [-0.39, 0.29) is 0 Å². The molecule has 2 heterocycles. The Bertz CT molecular complexity index is 266. The Kier molecular flexibility index (Phi) is 3.18. The Labute approximate surface area is 87.6 Å². The van der Waals surface area contributed by atoms with Gasteiger partial charge in [0, 0.05) is 19.6 Å². The number of hydrogen-bond acceptors (Lipinski definition) is 4. The summed E-state index contributed by atoms with van der Waals surface area (Å²) in [6.07, 6.45) is -0.113. The van der Waals surface area contributed by atoms with Crippen LogP contribution >= 0.6 is 11.3 Å². The Balaban J connectivity index is 1.77. The van der Waals surface area contributed by atoms with E-state index in [4.69, 9.17) is 0 Å². The van der Waals surface area contributed by atoms with Crippen molar-refractivity contribution in [1.29, 1.82) is 0 Å². The first-order valence-electron chi connectivity index (χ1n) is 4.85. The summed E-state index contributed by atoms with van der Waals surface area (Å²) >= 11 is 1.71. The number of aliphatic hydroxyl groups excluding tert-OH is 2. The monoisotopic (exact) mass is 213 g/mol. The molecule has 0 bridgehead atoms. The number of thiophene rings is 1. The van der Waals surface area contributed by atoms with Gasteiger partial charge in [-0.05, 0) is 28.8 Å². The van der Waals surface area contributed by atoms with E-state index in [0.29, 0.717) is 13.1 Å². The van der Waals surface area contributed by atoms with E-state index in [0.717, 1.165) is 13.0 Å². The number of β-amino-alcohol motifs (C(OH)–C–C–N with tert-alkyl or cyclic N) is 2. The van der Waals surface area contributed by atoms with Crippen LogP contribution in [0.2, 0.25) is 0 Å². The number of likely N-dealkylation sites (tertiary alicyclic amines) is 1. The van der Waals surface area contributed by atoms with E-state index in [1.54, 1.807) is 11.3 Å². The van der Waals surface area contributed by atoms with Crippen LogP contribution in [0.15, 0.2) is 16.8 Å². The topological polar surface area (TPSA) is 43.7 Å². The summed E-state index contributed by atoms with van der Waals surface area (Å²) < 4.78 is 0. The fourth-order valence-electron chi connectivity index (χ4n) is 1.75. The van der Waals surface area contributed by atoms with Gasteiger partial charge in [-0.1, -0.05) is 0 Å². The molecule has 2 unspecified atom stereocenters. The summed E-state index contributed by atoms with van der Waals surface area (Å²) in [6.45, 7) is 2.13. The maximum atomic E-state index is 9.34. The van der Waals surface area contributed by atoms with Crippen LogP contribution in [-0.2, 0) is 6.42 Å². The Morgan fingerprint density at radius 3 is 2.64 bits per heavy atom. The molecule has 0 amide bonds. The van der Waals surface area contributed by atoms with Gasteiger partial charge in [0.1, 0.15) is 0 Å². The zero-order valence-corrected chi connectivity index (χ0v) is 8.78. The summed E-state index contributed by atoms with van der Waals surface area (Å²) in [5, 5.41) is 22.9. The highest BCUT2D eigenvalue weighted by Crippen LogP contribution is 2.12. The summed E-state index contributed by atoms with van der Waals surface area (Å²) in [5.74, 6) is 0. The van der Waals surface area contributed by atoms with Crippen molar-refractivity contribution in [2.75, 3.05) is 19.6 Å². The molecule has 1 aromatic rings. The van der Waals surface area contributed by atoms with Gasteiger partial charge in [0.2, 0.25) is 0 Å². The Morgan fingerprint density at radius 1 is 1.36 bits per heavy atom. The molecule has 1 saturated heterocycles. The molecule has 0 radical (unpaired) electrons. The maximum absolute atomic E-state index is 9.34. The first-order valence-corrected chi connectivity index (χ1v) is 5.79. The first-order chi connectivity index (χ1) is 6.75. The van der Waals surface area contributed by atoms with E-state index in [9.17, 15) is 10.2 Å². The molecule has 0 aromatic carbocycles. The van der Waals surface area contributed by atoms with Crippen LogP contribution in [0.25, 0.3) is 0 Å². The van der Waals surface area contributed by atoms with Crippen molar-refractivity contribution >= 4 is 11.3 Å². The minimum atomic E-state index is -0.558. The molecule has 2 atom stereocenters. The number of hydrogen-bond donors (Lipinski definition) is 2. The Hall–Kier alpha value is -0.420. The summed E-state index contributed by atoms with van der Waals surface area (Å²) in [6, 6.07) is 2.12. The van der Waals surface area contributed by atoms with E-state index in [1.807, 2.05) is 0 Å². The van der Waals surface area contributed by atoms with Gasteiger partial charge in [-0.2, -0.15) is 11.3 Å². The summed E-state index contributed by atoms with van der Waals surface area (Å²) in [7, 11) is 0. The second-order valence-corrected chi connectivity index (χ2v) is 4.56. The van der Waals surface area contributed by atoms with Crippen LogP contribution in [0.1, 0.15) is 5.56 Å². The van der Waals surface area contributed by atoms with Gasteiger partial charge < -0.3 is 10.2 Å². The number of aliphatic hydroxyl groups is 2. The summed E-state index contributed by atoms with van der Waals surface area (Å²) in [5.41, 5.74) is 1.34. The van der Waals surface area contributed by atoms with Crippen LogP contribution in [-0.4, -0.2) is 47.0 Å². The lowest BCUT2D eigenvalue weighted by molar-refractivity contribution is 0.0572. The molecule has 1 aliphatic heterocycles. The van der Waals surface area contributed by atoms with Gasteiger partial charge >= 0.3 is 0 Å². The smallest absolute Gasteiger partial charge is 0.0938 e. The molecular formula is C10H15NO2S. The average molecular weight is 213 g/mol. The number of rotatable bonds is 3. The van der Waals surface area contributed by atoms with E-state index in [1.165, 1.54) is 5.56 Å². The minimum absolute atomic E-state index is 0.558. The second kappa shape index (κ2) is 4.40. The van der Waals surface area contributed by atoms with E-state index >= 15 is 0 Å². The molecule has 0 aliphatic carbocycles. The molecule has 1 fully saturated rings. The third kappa shape index (κ3) is 2.33. The minimum Gasteiger partial charge on any atom is -0.389 e. The lowest BCUT2D eigenvalue weighted by Gasteiger charge is -2.13. The first kappa shape index (κ1) is 10.1. The van der Waals surface area contributed by atoms with Crippen LogP contribution in [0.5, 0.6) is 0 Å². The molecule has 1 aliphatic rings. The molecule has 1 aromatic heterocycles. The predicted molar refractivity (Wildman–Crippen MR) is 56.5 cm³/mol. The fraction of sp³-hybridized carbons (Fsp3) is 0.600. The quantitative estimate of drug-likeness (QED) is 0.760. The van der Waals surface area contributed by atoms with E-state index in [2.05, 4.69) is 21.7 Å². The van der Waals surface area contributed by atoms with Gasteiger partial charge in [0.25, 0.3) is 0 Å². The van der Waals surface area contributed by atoms with Crippen molar-refractivity contribution in [2.24, 2.45) is 0 Å². The molecule has 2 N–H and O–H groups in total. The highest BCUT2D eigenvalue weighted by Gasteiger charge is 2.28. The van der Waals surface area contributed by atoms with Crippen LogP contribution in [0, 0.1) is 0 Å². The zero-order chi connectivity index (χ0) is 9.97. The lowest BCUT2D eigenvalue weighted by Crippen LogP contribution is -2.24. The van der Waals surface area contributed by atoms with Crippen molar-refractivity contribution in [3.8, 4) is 0 Å². The molecule has 0 saturated carbocycles. The Morgan fingerprint density at radius 2 is 2.07 bits per heavy atom. The second-order valence-electron chi connectivity index (χ2n) is 3.78. The van der Waals surface area contributed by atoms with Crippen LogP contribution in [0.3, 0.4) is 0 Å². The molecule has 4 heteroatoms. The van der Waals surface area contributed by atoms with Crippen LogP contribution < -0.4 is 0 Å². The van der Waals surface area contributed by atoms with Crippen molar-refractivity contribution < 1.29 is 10.2 Å². The molecule has 2 rings (SSSR count). The molecule has 14 heavy (non-hydrogen) atoms. The molecule has 3 nitrogen and oxygen atoms in total. The zero-order valence-electron chi connectivity index (χ0n) is 7.97. The van der Waals surface area contributed by atoms with Gasteiger partial charge in [0.05, 0.1) is 12.2 Å². The normalized spacial score (nSPS) is 28.4. The van der Waals surface area contributed by atoms with Crippen molar-refractivity contribution in [2.45, 2.75) is 18.6 Å². The fourth-order valence-corrected chi connectivity index (χ4v) is 2.45. The third-order valence-corrected chi connectivity index (χ3v) is 3.36. The third-order valence-electron chi connectivity index (χ3n) is 2.63. The van der Waals surface area contributed by atoms with Crippen LogP contribution in [0.4, 0.5) is 0 Å². The maximum Gasteiger partial charge on any atom is 0.0938 e. The lowest BCUT2D eigenvalue weighted by atomic mass is 10.2. The number of nitrogens with zero attached hydrogens (tertiary/aromatic N) is 1. The average Bonchev–Trinajstić information content (AvgIpc) is 2.74. The SMILES string of the molecule is OC1CN(CCc2ccsc2)CC1O. The summed E-state index contributed by atoms with van der Waals surface area (Å²) in [4.78, 5) is 2.10. The van der Waals surface area contributed by atoms with Gasteiger partial charge in [-0.3, -0.25) is 4.90 Å². The highest BCUT2D eigenvalue weighted by molar-refractivity contribution is 7.07. The van der Waals surface area contributed by atoms with E-state index < -0.39 is 12.2 Å². The standard InChI is InChI=1S/C10H15NO2S/c12-9-5-11(6-10(9)13)3-1-8-2-4-14-7-8/h2,4,7,9-10,12-13H,1,3,5-6H2. The largest absolute Gasteiger partial charge is 0.389 e. The van der Waals surface area contributed by atoms with Crippen molar-refractivity contribution in [3.05, 3.63) is 22.4 Å². The highest BCUT2D eigenvalue weighted by atomic mass is 32.1. The molecule has 78 valence electrons. The van der Waals surface area contributed by atoms with Crippen molar-refractivity contribution in [1.82, 2.24) is 4.90 Å². The molecular weight excluding hydrogens is 198 g/mol. The molecule has 0 spiro atoms. The van der Waals surface area contributed by atoms with Crippen molar-refractivity contribution in [3.63, 3.8) is 0 Å². The van der Waals surface area contributed by atoms with Gasteiger partial charge in [0.15, 0.2) is 0 Å². The van der Waals surface area contributed by atoms with Gasteiger partial charge in [-0.15, -0.1) is 0 Å². The van der Waals surface area contributed by atoms with Gasteiger partial charge in [-0.25, -0.2) is 0 Å². The predicted octanol–water partition coefficient (Wildman–Crippen LogP) is 0.328.